The largest absolute Gasteiger partial charge is 0.351 e. The normalized spacial score (nSPS) is 11.0. The molecule has 108 valence electrons. The van der Waals surface area contributed by atoms with Crippen molar-refractivity contribution in [1.29, 1.82) is 0 Å². The first-order chi connectivity index (χ1) is 9.10. The summed E-state index contributed by atoms with van der Waals surface area (Å²) in [6.45, 7) is 7.87. The number of hydrogen-bond acceptors (Lipinski definition) is 4. The average Bonchev–Trinajstić information content (AvgIpc) is 2.77. The van der Waals surface area contributed by atoms with E-state index in [9.17, 15) is 4.79 Å². The minimum Gasteiger partial charge on any atom is -0.351 e. The van der Waals surface area contributed by atoms with Gasteiger partial charge in [-0.1, -0.05) is 6.92 Å². The maximum absolute atomic E-state index is 12.0. The van der Waals surface area contributed by atoms with E-state index in [0.29, 0.717) is 18.7 Å². The molecule has 0 saturated carbocycles. The molecule has 0 fully saturated rings. The zero-order valence-electron chi connectivity index (χ0n) is 12.1. The van der Waals surface area contributed by atoms with Crippen LogP contribution in [0.4, 0.5) is 0 Å². The second-order valence-electron chi connectivity index (χ2n) is 4.66. The molecule has 0 aliphatic heterocycles. The fraction of sp³-hybridized carbons (Fsp3) is 0.692. The van der Waals surface area contributed by atoms with Gasteiger partial charge in [-0.15, -0.1) is 0 Å². The highest BCUT2D eigenvalue weighted by Crippen LogP contribution is 2.07. The van der Waals surface area contributed by atoms with E-state index in [4.69, 9.17) is 5.73 Å². The molecule has 1 rings (SSSR count). The smallest absolute Gasteiger partial charge is 0.254 e. The molecule has 6 nitrogen and oxygen atoms in total. The van der Waals surface area contributed by atoms with Gasteiger partial charge in [0.15, 0.2) is 0 Å². The van der Waals surface area contributed by atoms with E-state index in [1.165, 1.54) is 0 Å². The number of carbonyl (C=O) groups excluding carboxylic acids is 1. The third-order valence-corrected chi connectivity index (χ3v) is 3.24. The van der Waals surface area contributed by atoms with E-state index in [-0.39, 0.29) is 5.91 Å². The molecule has 1 heterocycles. The van der Waals surface area contributed by atoms with Crippen LogP contribution in [0.1, 0.15) is 29.4 Å². The number of nitrogens with one attached hydrogen (secondary N) is 1. The molecule has 0 saturated heterocycles. The van der Waals surface area contributed by atoms with Gasteiger partial charge in [0.2, 0.25) is 0 Å². The van der Waals surface area contributed by atoms with Crippen molar-refractivity contribution in [3.8, 4) is 0 Å². The van der Waals surface area contributed by atoms with Gasteiger partial charge in [-0.05, 0) is 33.5 Å². The standard InChI is InChI=1S/C13H25N5O/c1-4-17(3)9-7-15-13(19)12-10-16-18(11(12)2)8-5-6-14/h10H,4-9,14H2,1-3H3,(H,15,19). The molecular formula is C13H25N5O. The van der Waals surface area contributed by atoms with Crippen molar-refractivity contribution in [3.05, 3.63) is 17.5 Å². The van der Waals surface area contributed by atoms with Crippen molar-refractivity contribution in [1.82, 2.24) is 20.0 Å². The van der Waals surface area contributed by atoms with Gasteiger partial charge in [-0.25, -0.2) is 0 Å². The Morgan fingerprint density at radius 1 is 1.58 bits per heavy atom. The Kier molecular flexibility index (Phi) is 6.52. The molecule has 0 bridgehead atoms. The van der Waals surface area contributed by atoms with Crippen molar-refractivity contribution in [2.45, 2.75) is 26.8 Å². The average molecular weight is 267 g/mol. The summed E-state index contributed by atoms with van der Waals surface area (Å²) in [4.78, 5) is 14.2. The van der Waals surface area contributed by atoms with Crippen LogP contribution in [0.3, 0.4) is 0 Å². The first-order valence-electron chi connectivity index (χ1n) is 6.79. The number of aromatic nitrogens is 2. The summed E-state index contributed by atoms with van der Waals surface area (Å²) in [5.41, 5.74) is 7.02. The van der Waals surface area contributed by atoms with Crippen molar-refractivity contribution in [2.75, 3.05) is 33.2 Å². The topological polar surface area (TPSA) is 76.2 Å². The van der Waals surface area contributed by atoms with Gasteiger partial charge in [0, 0.05) is 25.3 Å². The predicted molar refractivity (Wildman–Crippen MR) is 76.1 cm³/mol. The van der Waals surface area contributed by atoms with Crippen LogP contribution in [-0.4, -0.2) is 53.8 Å². The van der Waals surface area contributed by atoms with Crippen LogP contribution in [0.25, 0.3) is 0 Å². The summed E-state index contributed by atoms with van der Waals surface area (Å²) >= 11 is 0. The van der Waals surface area contributed by atoms with Gasteiger partial charge in [-0.2, -0.15) is 5.10 Å². The van der Waals surface area contributed by atoms with Crippen LogP contribution >= 0.6 is 0 Å². The van der Waals surface area contributed by atoms with E-state index in [1.807, 2.05) is 18.7 Å². The fourth-order valence-corrected chi connectivity index (χ4v) is 1.75. The lowest BCUT2D eigenvalue weighted by Crippen LogP contribution is -2.33. The lowest BCUT2D eigenvalue weighted by atomic mass is 10.2. The van der Waals surface area contributed by atoms with Crippen LogP contribution in [-0.2, 0) is 6.54 Å². The highest BCUT2D eigenvalue weighted by molar-refractivity contribution is 5.95. The van der Waals surface area contributed by atoms with Gasteiger partial charge in [0.1, 0.15) is 0 Å². The number of nitrogens with two attached hydrogens (primary N) is 1. The minimum absolute atomic E-state index is 0.0546. The molecule has 1 aromatic rings. The van der Waals surface area contributed by atoms with Crippen LogP contribution in [0, 0.1) is 6.92 Å². The number of aryl methyl sites for hydroxylation is 1. The Bertz CT molecular complexity index is 402. The van der Waals surface area contributed by atoms with E-state index in [1.54, 1.807) is 6.20 Å². The summed E-state index contributed by atoms with van der Waals surface area (Å²) in [5, 5.41) is 7.14. The quantitative estimate of drug-likeness (QED) is 0.706. The fourth-order valence-electron chi connectivity index (χ4n) is 1.75. The Balaban J connectivity index is 2.50. The Morgan fingerprint density at radius 3 is 2.95 bits per heavy atom. The molecule has 0 radical (unpaired) electrons. The number of amides is 1. The maximum Gasteiger partial charge on any atom is 0.254 e. The van der Waals surface area contributed by atoms with E-state index in [0.717, 1.165) is 31.7 Å². The monoisotopic (exact) mass is 267 g/mol. The van der Waals surface area contributed by atoms with E-state index in [2.05, 4.69) is 22.2 Å². The maximum atomic E-state index is 12.0. The van der Waals surface area contributed by atoms with Gasteiger partial charge >= 0.3 is 0 Å². The molecular weight excluding hydrogens is 242 g/mol. The molecule has 0 aliphatic rings. The predicted octanol–water partition coefficient (Wildman–Crippen LogP) is 0.222. The third kappa shape index (κ3) is 4.65. The van der Waals surface area contributed by atoms with Crippen LogP contribution in [0.2, 0.25) is 0 Å². The zero-order valence-corrected chi connectivity index (χ0v) is 12.1. The molecule has 0 atom stereocenters. The summed E-state index contributed by atoms with van der Waals surface area (Å²) < 4.78 is 1.83. The van der Waals surface area contributed by atoms with Crippen molar-refractivity contribution >= 4 is 5.91 Å². The van der Waals surface area contributed by atoms with Gasteiger partial charge in [0.05, 0.1) is 11.8 Å². The lowest BCUT2D eigenvalue weighted by Gasteiger charge is -2.13. The van der Waals surface area contributed by atoms with Crippen molar-refractivity contribution < 1.29 is 4.79 Å². The molecule has 0 unspecified atom stereocenters. The number of likely N-dealkylation sites (N-methyl/N-ethyl adjacent to an activating group) is 1. The zero-order chi connectivity index (χ0) is 14.3. The second-order valence-corrected chi connectivity index (χ2v) is 4.66. The van der Waals surface area contributed by atoms with Gasteiger partial charge < -0.3 is 16.0 Å². The second kappa shape index (κ2) is 7.91. The molecule has 3 N–H and O–H groups in total. The third-order valence-electron chi connectivity index (χ3n) is 3.24. The summed E-state index contributed by atoms with van der Waals surface area (Å²) in [7, 11) is 2.03. The number of nitrogens with zero attached hydrogens (tertiary/aromatic N) is 3. The van der Waals surface area contributed by atoms with Crippen LogP contribution in [0.5, 0.6) is 0 Å². The van der Waals surface area contributed by atoms with E-state index < -0.39 is 0 Å². The van der Waals surface area contributed by atoms with Crippen molar-refractivity contribution in [2.24, 2.45) is 5.73 Å². The first kappa shape index (κ1) is 15.7. The summed E-state index contributed by atoms with van der Waals surface area (Å²) in [5.74, 6) is -0.0546. The highest BCUT2D eigenvalue weighted by atomic mass is 16.1. The summed E-state index contributed by atoms with van der Waals surface area (Å²) in [6.07, 6.45) is 2.50. The van der Waals surface area contributed by atoms with Crippen molar-refractivity contribution in [3.63, 3.8) is 0 Å². The lowest BCUT2D eigenvalue weighted by molar-refractivity contribution is 0.0949. The van der Waals surface area contributed by atoms with E-state index >= 15 is 0 Å². The molecule has 1 amide bonds. The Hall–Kier alpha value is -1.40. The Morgan fingerprint density at radius 2 is 2.32 bits per heavy atom. The minimum atomic E-state index is -0.0546. The number of rotatable bonds is 8. The molecule has 1 aromatic heterocycles. The molecule has 19 heavy (non-hydrogen) atoms. The first-order valence-corrected chi connectivity index (χ1v) is 6.79. The molecule has 6 heteroatoms. The van der Waals surface area contributed by atoms with Crippen LogP contribution < -0.4 is 11.1 Å². The molecule has 0 spiro atoms. The highest BCUT2D eigenvalue weighted by Gasteiger charge is 2.13. The van der Waals surface area contributed by atoms with Gasteiger partial charge in [-0.3, -0.25) is 9.48 Å². The molecule has 0 aromatic carbocycles. The van der Waals surface area contributed by atoms with Crippen LogP contribution in [0.15, 0.2) is 6.20 Å². The van der Waals surface area contributed by atoms with Gasteiger partial charge in [0.25, 0.3) is 5.91 Å². The summed E-state index contributed by atoms with van der Waals surface area (Å²) in [6, 6.07) is 0. The molecule has 0 aliphatic carbocycles. The number of hydrogen-bond donors (Lipinski definition) is 2. The Labute approximate surface area is 114 Å². The SMILES string of the molecule is CCN(C)CCNC(=O)c1cnn(CCCN)c1C. The number of carbonyl (C=O) groups is 1.